The van der Waals surface area contributed by atoms with Crippen LogP contribution in [0.2, 0.25) is 0 Å². The van der Waals surface area contributed by atoms with Gasteiger partial charge in [0.15, 0.2) is 0 Å². The first kappa shape index (κ1) is 14.1. The summed E-state index contributed by atoms with van der Waals surface area (Å²) in [6.07, 6.45) is 2.21. The smallest absolute Gasteiger partial charge is 0.339 e. The molecule has 4 nitrogen and oxygen atoms in total. The number of hydrogen-bond acceptors (Lipinski definition) is 3. The fraction of sp³-hybridized carbons (Fsp3) is 0.667. The predicted molar refractivity (Wildman–Crippen MR) is 73.4 cm³/mol. The van der Waals surface area contributed by atoms with Crippen molar-refractivity contribution in [3.63, 3.8) is 0 Å². The molecule has 1 fully saturated rings. The van der Waals surface area contributed by atoms with Crippen LogP contribution in [-0.4, -0.2) is 30.4 Å². The molecule has 0 amide bonds. The van der Waals surface area contributed by atoms with Crippen molar-refractivity contribution >= 4 is 5.97 Å². The minimum atomic E-state index is -0.214. The van der Waals surface area contributed by atoms with Gasteiger partial charge in [0.25, 0.3) is 0 Å². The lowest BCUT2D eigenvalue weighted by atomic mass is 10.0. The normalized spacial score (nSPS) is 16.6. The van der Waals surface area contributed by atoms with Crippen LogP contribution < -0.4 is 0 Å². The predicted octanol–water partition coefficient (Wildman–Crippen LogP) is 2.71. The molecule has 4 heteroatoms. The van der Waals surface area contributed by atoms with E-state index in [1.807, 2.05) is 19.9 Å². The standard InChI is InChI=1S/C15H23NO3/c1-4-19-15(17)14-9-11(2)16(12(14)3)10-13-5-7-18-8-6-13/h9,13H,4-8,10H2,1-3H3. The van der Waals surface area contributed by atoms with Crippen LogP contribution in [0.25, 0.3) is 0 Å². The molecule has 2 heterocycles. The molecular weight excluding hydrogens is 242 g/mol. The lowest BCUT2D eigenvalue weighted by Gasteiger charge is -2.24. The fourth-order valence-electron chi connectivity index (χ4n) is 2.68. The molecule has 1 aliphatic rings. The highest BCUT2D eigenvalue weighted by Gasteiger charge is 2.20. The van der Waals surface area contributed by atoms with Crippen molar-refractivity contribution in [2.24, 2.45) is 5.92 Å². The molecule has 0 bridgehead atoms. The van der Waals surface area contributed by atoms with Gasteiger partial charge in [0, 0.05) is 31.1 Å². The molecule has 0 unspecified atom stereocenters. The third kappa shape index (κ3) is 3.18. The molecule has 0 aliphatic carbocycles. The molecule has 0 saturated carbocycles. The van der Waals surface area contributed by atoms with E-state index >= 15 is 0 Å². The zero-order valence-corrected chi connectivity index (χ0v) is 12.1. The first-order valence-corrected chi connectivity index (χ1v) is 7.05. The van der Waals surface area contributed by atoms with E-state index in [0.717, 1.165) is 44.0 Å². The van der Waals surface area contributed by atoms with E-state index in [4.69, 9.17) is 9.47 Å². The average Bonchev–Trinajstić information content (AvgIpc) is 2.68. The SMILES string of the molecule is CCOC(=O)c1cc(C)n(CC2CCOCC2)c1C. The summed E-state index contributed by atoms with van der Waals surface area (Å²) in [6.45, 7) is 8.99. The minimum Gasteiger partial charge on any atom is -0.462 e. The Hall–Kier alpha value is -1.29. The van der Waals surface area contributed by atoms with Crippen LogP contribution in [-0.2, 0) is 16.0 Å². The van der Waals surface area contributed by atoms with Gasteiger partial charge < -0.3 is 14.0 Å². The topological polar surface area (TPSA) is 40.5 Å². The van der Waals surface area contributed by atoms with Gasteiger partial charge in [0.05, 0.1) is 12.2 Å². The number of aryl methyl sites for hydroxylation is 1. The number of nitrogens with zero attached hydrogens (tertiary/aromatic N) is 1. The number of hydrogen-bond donors (Lipinski definition) is 0. The van der Waals surface area contributed by atoms with Crippen LogP contribution in [0.5, 0.6) is 0 Å². The van der Waals surface area contributed by atoms with Crippen molar-refractivity contribution in [1.82, 2.24) is 4.57 Å². The van der Waals surface area contributed by atoms with Crippen LogP contribution >= 0.6 is 0 Å². The molecule has 0 aromatic carbocycles. The molecule has 0 atom stereocenters. The molecule has 1 aromatic heterocycles. The van der Waals surface area contributed by atoms with Crippen LogP contribution in [0.1, 0.15) is 41.5 Å². The van der Waals surface area contributed by atoms with Gasteiger partial charge in [-0.05, 0) is 45.6 Å². The van der Waals surface area contributed by atoms with Gasteiger partial charge in [-0.25, -0.2) is 4.79 Å². The van der Waals surface area contributed by atoms with E-state index in [9.17, 15) is 4.79 Å². The summed E-state index contributed by atoms with van der Waals surface area (Å²) in [5, 5.41) is 0. The zero-order valence-electron chi connectivity index (χ0n) is 12.1. The highest BCUT2D eigenvalue weighted by Crippen LogP contribution is 2.22. The maximum atomic E-state index is 11.9. The molecule has 1 saturated heterocycles. The summed E-state index contributed by atoms with van der Waals surface area (Å²) in [7, 11) is 0. The van der Waals surface area contributed by atoms with E-state index in [1.54, 1.807) is 0 Å². The van der Waals surface area contributed by atoms with Crippen LogP contribution in [0.4, 0.5) is 0 Å². The van der Waals surface area contributed by atoms with Gasteiger partial charge in [-0.2, -0.15) is 0 Å². The maximum absolute atomic E-state index is 11.9. The Bertz CT molecular complexity index is 444. The lowest BCUT2D eigenvalue weighted by Crippen LogP contribution is -2.21. The second kappa shape index (κ2) is 6.24. The maximum Gasteiger partial charge on any atom is 0.339 e. The van der Waals surface area contributed by atoms with Gasteiger partial charge in [-0.15, -0.1) is 0 Å². The molecule has 0 spiro atoms. The zero-order chi connectivity index (χ0) is 13.8. The summed E-state index contributed by atoms with van der Waals surface area (Å²) in [5.41, 5.74) is 2.85. The number of aromatic nitrogens is 1. The highest BCUT2D eigenvalue weighted by atomic mass is 16.5. The highest BCUT2D eigenvalue weighted by molar-refractivity contribution is 5.91. The van der Waals surface area contributed by atoms with Gasteiger partial charge in [0.2, 0.25) is 0 Å². The van der Waals surface area contributed by atoms with E-state index < -0.39 is 0 Å². The van der Waals surface area contributed by atoms with E-state index in [1.165, 1.54) is 0 Å². The number of ether oxygens (including phenoxy) is 2. The molecular formula is C15H23NO3. The molecule has 0 N–H and O–H groups in total. The second-order valence-electron chi connectivity index (χ2n) is 5.17. The van der Waals surface area contributed by atoms with Crippen molar-refractivity contribution < 1.29 is 14.3 Å². The van der Waals surface area contributed by atoms with Crippen molar-refractivity contribution in [3.8, 4) is 0 Å². The Balaban J connectivity index is 2.14. The average molecular weight is 265 g/mol. The monoisotopic (exact) mass is 265 g/mol. The fourth-order valence-corrected chi connectivity index (χ4v) is 2.68. The molecule has 0 radical (unpaired) electrons. The molecule has 106 valence electrons. The Morgan fingerprint density at radius 1 is 1.42 bits per heavy atom. The molecule has 1 aromatic rings. The van der Waals surface area contributed by atoms with Crippen LogP contribution in [0.3, 0.4) is 0 Å². The first-order valence-electron chi connectivity index (χ1n) is 7.05. The van der Waals surface area contributed by atoms with Crippen LogP contribution in [0.15, 0.2) is 6.07 Å². The van der Waals surface area contributed by atoms with Crippen LogP contribution in [0, 0.1) is 19.8 Å². The minimum absolute atomic E-state index is 0.214. The summed E-state index contributed by atoms with van der Waals surface area (Å²) < 4.78 is 12.7. The lowest BCUT2D eigenvalue weighted by molar-refractivity contribution is 0.0523. The summed E-state index contributed by atoms with van der Waals surface area (Å²) in [5.74, 6) is 0.433. The van der Waals surface area contributed by atoms with E-state index in [2.05, 4.69) is 11.5 Å². The van der Waals surface area contributed by atoms with Crippen molar-refractivity contribution in [2.45, 2.75) is 40.2 Å². The first-order chi connectivity index (χ1) is 9.13. The van der Waals surface area contributed by atoms with Crippen molar-refractivity contribution in [2.75, 3.05) is 19.8 Å². The quantitative estimate of drug-likeness (QED) is 0.786. The number of carbonyl (C=O) groups is 1. The number of esters is 1. The van der Waals surface area contributed by atoms with Crippen molar-refractivity contribution in [1.29, 1.82) is 0 Å². The van der Waals surface area contributed by atoms with E-state index in [-0.39, 0.29) is 5.97 Å². The molecule has 1 aliphatic heterocycles. The summed E-state index contributed by atoms with van der Waals surface area (Å²) in [4.78, 5) is 11.9. The number of carbonyl (C=O) groups excluding carboxylic acids is 1. The third-order valence-electron chi connectivity index (χ3n) is 3.85. The van der Waals surface area contributed by atoms with Crippen molar-refractivity contribution in [3.05, 3.63) is 23.0 Å². The second-order valence-corrected chi connectivity index (χ2v) is 5.17. The molecule has 2 rings (SSSR count). The number of rotatable bonds is 4. The van der Waals surface area contributed by atoms with Gasteiger partial charge in [-0.1, -0.05) is 0 Å². The largest absolute Gasteiger partial charge is 0.462 e. The summed E-state index contributed by atoms with van der Waals surface area (Å²) in [6, 6.07) is 1.94. The van der Waals surface area contributed by atoms with Gasteiger partial charge >= 0.3 is 5.97 Å². The third-order valence-corrected chi connectivity index (χ3v) is 3.85. The Kier molecular flexibility index (Phi) is 4.64. The molecule has 19 heavy (non-hydrogen) atoms. The van der Waals surface area contributed by atoms with Gasteiger partial charge in [0.1, 0.15) is 0 Å². The Morgan fingerprint density at radius 3 is 2.74 bits per heavy atom. The summed E-state index contributed by atoms with van der Waals surface area (Å²) >= 11 is 0. The van der Waals surface area contributed by atoms with Gasteiger partial charge in [-0.3, -0.25) is 0 Å². The van der Waals surface area contributed by atoms with E-state index in [0.29, 0.717) is 18.1 Å². The Labute approximate surface area is 114 Å². The Morgan fingerprint density at radius 2 is 2.11 bits per heavy atom.